The first-order valence-electron chi connectivity index (χ1n) is 5.53. The summed E-state index contributed by atoms with van der Waals surface area (Å²) >= 11 is 3.38. The molecular weight excluding hydrogens is 292 g/mol. The fourth-order valence-corrected chi connectivity index (χ4v) is 2.33. The first-order chi connectivity index (χ1) is 8.74. The number of halogens is 1. The van der Waals surface area contributed by atoms with Crippen LogP contribution in [0.15, 0.2) is 68.3 Å². The van der Waals surface area contributed by atoms with Gasteiger partial charge >= 0.3 is 5.63 Å². The predicted octanol–water partition coefficient (Wildman–Crippen LogP) is 4.22. The quantitative estimate of drug-likeness (QED) is 0.630. The third-order valence-electron chi connectivity index (χ3n) is 2.79. The normalized spacial score (nSPS) is 10.7. The number of fused-ring (bicyclic) bond motifs is 1. The van der Waals surface area contributed by atoms with E-state index in [0.717, 1.165) is 21.0 Å². The fraction of sp³-hybridized carbons (Fsp3) is 0. The van der Waals surface area contributed by atoms with Crippen LogP contribution in [0.3, 0.4) is 0 Å². The smallest absolute Gasteiger partial charge is 0.336 e. The molecule has 0 aliphatic rings. The Hall–Kier alpha value is -1.87. The fourth-order valence-electron chi connectivity index (χ4n) is 1.99. The van der Waals surface area contributed by atoms with Crippen LogP contribution in [0.4, 0.5) is 0 Å². The van der Waals surface area contributed by atoms with Gasteiger partial charge in [-0.2, -0.15) is 0 Å². The largest absolute Gasteiger partial charge is 0.423 e. The first kappa shape index (κ1) is 11.2. The van der Waals surface area contributed by atoms with Crippen LogP contribution in [0.5, 0.6) is 0 Å². The van der Waals surface area contributed by atoms with E-state index in [9.17, 15) is 4.79 Å². The summed E-state index contributed by atoms with van der Waals surface area (Å²) in [4.78, 5) is 11.6. The standard InChI is InChI=1S/C15H9BrO2/c16-11-6-7-12-13(10-4-2-1-3-5-10)9-15(17)18-14(12)8-11/h1-9H. The molecule has 88 valence electrons. The third-order valence-corrected chi connectivity index (χ3v) is 3.28. The summed E-state index contributed by atoms with van der Waals surface area (Å²) in [6.07, 6.45) is 0. The Labute approximate surface area is 112 Å². The van der Waals surface area contributed by atoms with Gasteiger partial charge in [-0.3, -0.25) is 0 Å². The summed E-state index contributed by atoms with van der Waals surface area (Å²) in [6.45, 7) is 0. The van der Waals surface area contributed by atoms with Crippen LogP contribution in [0.1, 0.15) is 0 Å². The Bertz CT molecular complexity index is 760. The number of benzene rings is 2. The second kappa shape index (κ2) is 4.42. The molecule has 0 saturated heterocycles. The maximum absolute atomic E-state index is 11.6. The minimum Gasteiger partial charge on any atom is -0.423 e. The average Bonchev–Trinajstić information content (AvgIpc) is 2.38. The maximum Gasteiger partial charge on any atom is 0.336 e. The van der Waals surface area contributed by atoms with Crippen molar-refractivity contribution in [3.8, 4) is 11.1 Å². The molecule has 3 heteroatoms. The Morgan fingerprint density at radius 2 is 1.72 bits per heavy atom. The van der Waals surface area contributed by atoms with Crippen LogP contribution in [0.25, 0.3) is 22.1 Å². The van der Waals surface area contributed by atoms with Gasteiger partial charge in [-0.1, -0.05) is 46.3 Å². The molecule has 0 bridgehead atoms. The van der Waals surface area contributed by atoms with Gasteiger partial charge in [0, 0.05) is 15.9 Å². The Kier molecular flexibility index (Phi) is 2.76. The van der Waals surface area contributed by atoms with E-state index in [1.807, 2.05) is 48.5 Å². The average molecular weight is 301 g/mol. The van der Waals surface area contributed by atoms with Gasteiger partial charge in [-0.05, 0) is 29.3 Å². The minimum absolute atomic E-state index is 0.334. The second-order valence-corrected chi connectivity index (χ2v) is 4.90. The SMILES string of the molecule is O=c1cc(-c2ccccc2)c2ccc(Br)cc2o1. The summed E-state index contributed by atoms with van der Waals surface area (Å²) in [5.74, 6) is 0. The van der Waals surface area contributed by atoms with Gasteiger partial charge in [0.25, 0.3) is 0 Å². The Balaban J connectivity index is 2.39. The molecule has 0 N–H and O–H groups in total. The summed E-state index contributed by atoms with van der Waals surface area (Å²) in [5.41, 5.74) is 2.17. The van der Waals surface area contributed by atoms with Gasteiger partial charge in [-0.15, -0.1) is 0 Å². The lowest BCUT2D eigenvalue weighted by atomic mass is 10.0. The molecule has 0 saturated carbocycles. The summed E-state index contributed by atoms with van der Waals surface area (Å²) in [5, 5.41) is 0.934. The Morgan fingerprint density at radius 3 is 2.50 bits per heavy atom. The van der Waals surface area contributed by atoms with Gasteiger partial charge in [-0.25, -0.2) is 4.79 Å². The minimum atomic E-state index is -0.334. The molecule has 0 aliphatic carbocycles. The van der Waals surface area contributed by atoms with Crippen LogP contribution in [0.2, 0.25) is 0 Å². The second-order valence-electron chi connectivity index (χ2n) is 3.99. The lowest BCUT2D eigenvalue weighted by Crippen LogP contribution is -1.97. The molecule has 1 heterocycles. The van der Waals surface area contributed by atoms with E-state index in [2.05, 4.69) is 15.9 Å². The predicted molar refractivity (Wildman–Crippen MR) is 75.6 cm³/mol. The van der Waals surface area contributed by atoms with Gasteiger partial charge in [0.1, 0.15) is 5.58 Å². The molecule has 0 aliphatic heterocycles. The van der Waals surface area contributed by atoms with E-state index >= 15 is 0 Å². The van der Waals surface area contributed by atoms with Crippen molar-refractivity contribution >= 4 is 26.9 Å². The van der Waals surface area contributed by atoms with Crippen LogP contribution in [0, 0.1) is 0 Å². The zero-order valence-corrected chi connectivity index (χ0v) is 11.0. The van der Waals surface area contributed by atoms with Crippen LogP contribution in [-0.2, 0) is 0 Å². The molecule has 0 atom stereocenters. The highest BCUT2D eigenvalue weighted by Gasteiger charge is 2.07. The number of rotatable bonds is 1. The van der Waals surface area contributed by atoms with E-state index in [1.54, 1.807) is 0 Å². The highest BCUT2D eigenvalue weighted by atomic mass is 79.9. The monoisotopic (exact) mass is 300 g/mol. The van der Waals surface area contributed by atoms with E-state index in [1.165, 1.54) is 6.07 Å². The van der Waals surface area contributed by atoms with Crippen LogP contribution in [-0.4, -0.2) is 0 Å². The summed E-state index contributed by atoms with van der Waals surface area (Å²) in [7, 11) is 0. The molecule has 3 aromatic rings. The molecule has 2 aromatic carbocycles. The molecule has 2 nitrogen and oxygen atoms in total. The Morgan fingerprint density at radius 1 is 0.944 bits per heavy atom. The molecule has 18 heavy (non-hydrogen) atoms. The van der Waals surface area contributed by atoms with Crippen molar-refractivity contribution in [2.24, 2.45) is 0 Å². The topological polar surface area (TPSA) is 30.2 Å². The van der Waals surface area contributed by atoms with Crippen LogP contribution < -0.4 is 5.63 Å². The van der Waals surface area contributed by atoms with Gasteiger partial charge in [0.05, 0.1) is 0 Å². The zero-order chi connectivity index (χ0) is 12.5. The molecule has 0 unspecified atom stereocenters. The summed E-state index contributed by atoms with van der Waals surface area (Å²) in [6, 6.07) is 17.1. The van der Waals surface area contributed by atoms with Gasteiger partial charge in [0.2, 0.25) is 0 Å². The lowest BCUT2D eigenvalue weighted by molar-refractivity contribution is 0.561. The van der Waals surface area contributed by atoms with E-state index in [4.69, 9.17) is 4.42 Å². The number of hydrogen-bond acceptors (Lipinski definition) is 2. The van der Waals surface area contributed by atoms with E-state index < -0.39 is 0 Å². The molecule has 0 radical (unpaired) electrons. The summed E-state index contributed by atoms with van der Waals surface area (Å²) < 4.78 is 6.11. The van der Waals surface area contributed by atoms with Crippen molar-refractivity contribution in [1.29, 1.82) is 0 Å². The van der Waals surface area contributed by atoms with Crippen molar-refractivity contribution in [1.82, 2.24) is 0 Å². The molecular formula is C15H9BrO2. The van der Waals surface area contributed by atoms with E-state index in [-0.39, 0.29) is 5.63 Å². The zero-order valence-electron chi connectivity index (χ0n) is 9.39. The first-order valence-corrected chi connectivity index (χ1v) is 6.32. The van der Waals surface area contributed by atoms with Crippen molar-refractivity contribution in [2.75, 3.05) is 0 Å². The number of hydrogen-bond donors (Lipinski definition) is 0. The molecule has 0 spiro atoms. The van der Waals surface area contributed by atoms with Crippen molar-refractivity contribution in [2.45, 2.75) is 0 Å². The van der Waals surface area contributed by atoms with E-state index in [0.29, 0.717) is 5.58 Å². The molecule has 0 amide bonds. The lowest BCUT2D eigenvalue weighted by Gasteiger charge is -2.05. The van der Waals surface area contributed by atoms with Crippen LogP contribution >= 0.6 is 15.9 Å². The van der Waals surface area contributed by atoms with Gasteiger partial charge in [0.15, 0.2) is 0 Å². The molecule has 3 rings (SSSR count). The van der Waals surface area contributed by atoms with Crippen molar-refractivity contribution in [3.05, 3.63) is 69.5 Å². The third kappa shape index (κ3) is 1.97. The van der Waals surface area contributed by atoms with Crippen molar-refractivity contribution in [3.63, 3.8) is 0 Å². The van der Waals surface area contributed by atoms with Gasteiger partial charge < -0.3 is 4.42 Å². The highest BCUT2D eigenvalue weighted by Crippen LogP contribution is 2.28. The highest BCUT2D eigenvalue weighted by molar-refractivity contribution is 9.10. The maximum atomic E-state index is 11.6. The molecule has 0 fully saturated rings. The molecule has 1 aromatic heterocycles. The van der Waals surface area contributed by atoms with Crippen molar-refractivity contribution < 1.29 is 4.42 Å².